The molecule has 0 spiro atoms. The van der Waals surface area contributed by atoms with E-state index in [4.69, 9.17) is 14.2 Å². The molecular formula is C51H50N2O7. The van der Waals surface area contributed by atoms with Gasteiger partial charge in [0.15, 0.2) is 0 Å². The molecule has 8 rings (SSSR count). The van der Waals surface area contributed by atoms with E-state index in [-0.39, 0.29) is 37.5 Å². The summed E-state index contributed by atoms with van der Waals surface area (Å²) in [6.07, 6.45) is 3.15. The molecule has 306 valence electrons. The van der Waals surface area contributed by atoms with Crippen molar-refractivity contribution < 1.29 is 33.4 Å². The van der Waals surface area contributed by atoms with Gasteiger partial charge >= 0.3 is 18.0 Å². The van der Waals surface area contributed by atoms with Gasteiger partial charge in [0.2, 0.25) is 0 Å². The molecule has 0 bridgehead atoms. The molecule has 0 unspecified atom stereocenters. The summed E-state index contributed by atoms with van der Waals surface area (Å²) in [7, 11) is 0. The molecule has 3 aliphatic carbocycles. The second-order valence-electron chi connectivity index (χ2n) is 16.5. The summed E-state index contributed by atoms with van der Waals surface area (Å²) in [4.78, 5) is 52.3. The molecule has 0 radical (unpaired) electrons. The van der Waals surface area contributed by atoms with Crippen molar-refractivity contribution in [3.8, 4) is 11.1 Å². The quantitative estimate of drug-likeness (QED) is 0.0654. The molecule has 9 nitrogen and oxygen atoms in total. The third-order valence-electron chi connectivity index (χ3n) is 12.0. The molecule has 2 amide bonds. The zero-order valence-electron chi connectivity index (χ0n) is 34.2. The summed E-state index contributed by atoms with van der Waals surface area (Å²) in [5, 5.41) is 5.70. The fourth-order valence-electron chi connectivity index (χ4n) is 9.27. The molecule has 0 heterocycles. The minimum atomic E-state index is -0.945. The van der Waals surface area contributed by atoms with Gasteiger partial charge in [0, 0.05) is 23.8 Å². The summed E-state index contributed by atoms with van der Waals surface area (Å²) in [6.45, 7) is 5.79. The van der Waals surface area contributed by atoms with Gasteiger partial charge in [0.05, 0.1) is 6.54 Å². The van der Waals surface area contributed by atoms with Gasteiger partial charge in [-0.15, -0.1) is 0 Å². The van der Waals surface area contributed by atoms with Gasteiger partial charge in [-0.05, 0) is 93.8 Å². The van der Waals surface area contributed by atoms with E-state index in [1.165, 1.54) is 12.5 Å². The van der Waals surface area contributed by atoms with E-state index in [1.807, 2.05) is 80.6 Å². The van der Waals surface area contributed by atoms with Gasteiger partial charge in [-0.2, -0.15) is 0 Å². The summed E-state index contributed by atoms with van der Waals surface area (Å²) >= 11 is 0. The number of esters is 2. The Kier molecular flexibility index (Phi) is 11.7. The number of benzene rings is 5. The Morgan fingerprint density at radius 3 is 2.05 bits per heavy atom. The van der Waals surface area contributed by atoms with Gasteiger partial charge in [0.25, 0.3) is 5.91 Å². The number of carbonyl (C=O) groups excluding carboxylic acids is 4. The highest BCUT2D eigenvalue weighted by Gasteiger charge is 2.52. The van der Waals surface area contributed by atoms with Crippen LogP contribution in [-0.2, 0) is 43.1 Å². The van der Waals surface area contributed by atoms with Crippen molar-refractivity contribution in [3.05, 3.63) is 171 Å². The molecule has 0 fully saturated rings. The lowest BCUT2D eigenvalue weighted by atomic mass is 9.70. The van der Waals surface area contributed by atoms with Crippen molar-refractivity contribution in [1.29, 1.82) is 0 Å². The maximum absolute atomic E-state index is 14.6. The van der Waals surface area contributed by atoms with Crippen LogP contribution in [0.15, 0.2) is 127 Å². The zero-order chi connectivity index (χ0) is 41.8. The first-order valence-corrected chi connectivity index (χ1v) is 20.8. The lowest BCUT2D eigenvalue weighted by molar-refractivity contribution is -0.157. The van der Waals surface area contributed by atoms with Gasteiger partial charge in [-0.3, -0.25) is 9.59 Å². The molecule has 0 saturated carbocycles. The van der Waals surface area contributed by atoms with Crippen molar-refractivity contribution >= 4 is 30.0 Å². The predicted octanol–water partition coefficient (Wildman–Crippen LogP) is 8.94. The van der Waals surface area contributed by atoms with E-state index >= 15 is 0 Å². The highest BCUT2D eigenvalue weighted by atomic mass is 16.6. The first-order valence-electron chi connectivity index (χ1n) is 20.8. The van der Waals surface area contributed by atoms with E-state index in [2.05, 4.69) is 59.2 Å². The number of fused-ring (bicyclic) bond motifs is 5. The Morgan fingerprint density at radius 2 is 1.38 bits per heavy atom. The molecule has 5 aromatic rings. The van der Waals surface area contributed by atoms with Crippen molar-refractivity contribution in [2.75, 3.05) is 19.8 Å². The Hall–Kier alpha value is -6.48. The van der Waals surface area contributed by atoms with Crippen LogP contribution >= 0.6 is 0 Å². The lowest BCUT2D eigenvalue weighted by Gasteiger charge is -2.38. The lowest BCUT2D eigenvalue weighted by Crippen LogP contribution is -2.45. The van der Waals surface area contributed by atoms with Crippen molar-refractivity contribution in [1.82, 2.24) is 10.6 Å². The third kappa shape index (κ3) is 8.35. The number of alkyl carbamates (subject to hydrolysis) is 1. The van der Waals surface area contributed by atoms with E-state index in [9.17, 15) is 19.2 Å². The smallest absolute Gasteiger partial charge is 0.407 e. The molecule has 3 atom stereocenters. The van der Waals surface area contributed by atoms with Gasteiger partial charge in [-0.1, -0.05) is 135 Å². The maximum atomic E-state index is 14.6. The van der Waals surface area contributed by atoms with Crippen LogP contribution in [0, 0.1) is 11.3 Å². The first-order chi connectivity index (χ1) is 29.1. The first kappa shape index (κ1) is 40.3. The molecule has 2 N–H and O–H groups in total. The number of rotatable bonds is 14. The molecule has 0 aromatic heterocycles. The van der Waals surface area contributed by atoms with E-state index in [0.717, 1.165) is 50.1 Å². The summed E-state index contributed by atoms with van der Waals surface area (Å²) in [5.74, 6) is -1.23. The van der Waals surface area contributed by atoms with Crippen LogP contribution in [0.3, 0.4) is 0 Å². The topological polar surface area (TPSA) is 120 Å². The third-order valence-corrected chi connectivity index (χ3v) is 12.0. The van der Waals surface area contributed by atoms with Crippen LogP contribution in [0.5, 0.6) is 0 Å². The SMILES string of the molecule is CC(=O)OCCNC(=O)c1ccc(C[C@@]2(C3=Cc4ccccc4C3)Cc3ccccc3[C@H]2OC(=O)[C@H](CC(C)C)NC(=O)OCC2c3ccccc3-c3ccccc32)cc1. The monoisotopic (exact) mass is 802 g/mol. The number of ether oxygens (including phenoxy) is 3. The maximum Gasteiger partial charge on any atom is 0.407 e. The molecule has 0 aliphatic heterocycles. The van der Waals surface area contributed by atoms with Crippen molar-refractivity contribution in [2.24, 2.45) is 11.3 Å². The van der Waals surface area contributed by atoms with Crippen LogP contribution in [0.25, 0.3) is 17.2 Å². The van der Waals surface area contributed by atoms with Gasteiger partial charge < -0.3 is 24.8 Å². The van der Waals surface area contributed by atoms with Gasteiger partial charge in [-0.25, -0.2) is 9.59 Å². The molecular weight excluding hydrogens is 753 g/mol. The van der Waals surface area contributed by atoms with Crippen LogP contribution in [0.2, 0.25) is 0 Å². The number of carbonyl (C=O) groups is 4. The fourth-order valence-corrected chi connectivity index (χ4v) is 9.27. The van der Waals surface area contributed by atoms with E-state index in [0.29, 0.717) is 31.2 Å². The average molecular weight is 803 g/mol. The normalized spacial score (nSPS) is 17.7. The van der Waals surface area contributed by atoms with Crippen molar-refractivity contribution in [2.45, 2.75) is 64.5 Å². The molecule has 0 saturated heterocycles. The van der Waals surface area contributed by atoms with E-state index < -0.39 is 35.6 Å². The summed E-state index contributed by atoms with van der Waals surface area (Å²) < 4.78 is 17.6. The number of amides is 2. The Labute approximate surface area is 351 Å². The van der Waals surface area contributed by atoms with Crippen LogP contribution in [-0.4, -0.2) is 49.7 Å². The Bertz CT molecular complexity index is 2410. The second kappa shape index (κ2) is 17.4. The highest BCUT2D eigenvalue weighted by Crippen LogP contribution is 2.57. The molecule has 5 aromatic carbocycles. The Balaban J connectivity index is 1.05. The minimum absolute atomic E-state index is 0.0708. The largest absolute Gasteiger partial charge is 0.464 e. The van der Waals surface area contributed by atoms with Gasteiger partial charge in [0.1, 0.15) is 25.4 Å². The molecule has 9 heteroatoms. The zero-order valence-corrected chi connectivity index (χ0v) is 34.2. The average Bonchev–Trinajstić information content (AvgIpc) is 3.92. The summed E-state index contributed by atoms with van der Waals surface area (Å²) in [5.41, 5.74) is 10.8. The number of nitrogens with one attached hydrogen (secondary N) is 2. The predicted molar refractivity (Wildman–Crippen MR) is 230 cm³/mol. The second-order valence-corrected chi connectivity index (χ2v) is 16.5. The minimum Gasteiger partial charge on any atom is -0.464 e. The fraction of sp³-hybridized carbons (Fsp3) is 0.294. The number of hydrogen-bond donors (Lipinski definition) is 2. The van der Waals surface area contributed by atoms with Crippen LogP contribution < -0.4 is 10.6 Å². The molecule has 60 heavy (non-hydrogen) atoms. The molecule has 3 aliphatic rings. The van der Waals surface area contributed by atoms with Crippen molar-refractivity contribution in [3.63, 3.8) is 0 Å². The van der Waals surface area contributed by atoms with Crippen LogP contribution in [0.4, 0.5) is 4.79 Å². The Morgan fingerprint density at radius 1 is 0.750 bits per heavy atom. The van der Waals surface area contributed by atoms with E-state index in [1.54, 1.807) is 12.1 Å². The summed E-state index contributed by atoms with van der Waals surface area (Å²) in [6, 6.07) is 39.4. The highest BCUT2D eigenvalue weighted by molar-refractivity contribution is 5.94. The standard InChI is InChI=1S/C51H50N2O7/c1-32(2)26-46(53-50(57)59-31-45-43-18-10-8-16-41(43)42-17-9-11-19-44(42)45)49(56)60-47-40-15-7-6-14-38(40)30-51(47,39-27-36-12-4-5-13-37(36)28-39)29-34-20-22-35(23-21-34)48(55)52-24-25-58-33(3)54/h4-23,27,32,45-47H,24-26,28-31H2,1-3H3,(H,52,55)(H,53,57)/t46-,47+,51-/m0/s1. The van der Waals surface area contributed by atoms with Crippen LogP contribution in [0.1, 0.15) is 88.5 Å². The number of hydrogen-bond acceptors (Lipinski definition) is 7.